The lowest BCUT2D eigenvalue weighted by molar-refractivity contribution is 0.0848. The van der Waals surface area contributed by atoms with Crippen LogP contribution in [0, 0.1) is 6.92 Å². The summed E-state index contributed by atoms with van der Waals surface area (Å²) in [5.74, 6) is -1.06. The van der Waals surface area contributed by atoms with Gasteiger partial charge in [0.1, 0.15) is 4.88 Å². The molecule has 0 saturated carbocycles. The Morgan fingerprint density at radius 3 is 2.55 bits per heavy atom. The Labute approximate surface area is 128 Å². The predicted octanol–water partition coefficient (Wildman–Crippen LogP) is 2.23. The molecule has 0 spiro atoms. The molecule has 1 heterocycles. The molecule has 0 radical (unpaired) electrons. The van der Waals surface area contributed by atoms with Crippen LogP contribution in [0.4, 0.5) is 0 Å². The summed E-state index contributed by atoms with van der Waals surface area (Å²) in [6.45, 7) is 1.65. The van der Waals surface area contributed by atoms with Crippen molar-refractivity contribution >= 4 is 46.5 Å². The third-order valence-electron chi connectivity index (χ3n) is 2.32. The highest BCUT2D eigenvalue weighted by Gasteiger charge is 2.15. The molecule has 1 aromatic carbocycles. The number of carbonyl (C=O) groups excluding carboxylic acids is 2. The van der Waals surface area contributed by atoms with E-state index < -0.39 is 11.8 Å². The van der Waals surface area contributed by atoms with Crippen LogP contribution in [0.1, 0.15) is 25.7 Å². The van der Waals surface area contributed by atoms with Crippen LogP contribution in [0.25, 0.3) is 0 Å². The van der Waals surface area contributed by atoms with Crippen molar-refractivity contribution in [3.8, 4) is 0 Å². The molecule has 2 aromatic rings. The van der Waals surface area contributed by atoms with E-state index in [1.54, 1.807) is 13.0 Å². The monoisotopic (exact) mass is 330 g/mol. The summed E-state index contributed by atoms with van der Waals surface area (Å²) >= 11 is 12.6. The number of halogens is 2. The zero-order chi connectivity index (χ0) is 14.7. The SMILES string of the molecule is Cc1nnsc1C(=O)NNC(=O)c1cc(Cl)ccc1Cl. The topological polar surface area (TPSA) is 84.0 Å². The molecule has 0 saturated heterocycles. The first-order chi connectivity index (χ1) is 9.49. The van der Waals surface area contributed by atoms with Gasteiger partial charge in [-0.1, -0.05) is 27.7 Å². The van der Waals surface area contributed by atoms with E-state index in [0.29, 0.717) is 15.6 Å². The molecular weight excluding hydrogens is 323 g/mol. The Morgan fingerprint density at radius 2 is 1.90 bits per heavy atom. The summed E-state index contributed by atoms with van der Waals surface area (Å²) in [7, 11) is 0. The number of hydrogen-bond donors (Lipinski definition) is 2. The van der Waals surface area contributed by atoms with Crippen LogP contribution in [-0.2, 0) is 0 Å². The fourth-order valence-electron chi connectivity index (χ4n) is 1.35. The molecule has 1 aromatic heterocycles. The number of nitrogens with zero attached hydrogens (tertiary/aromatic N) is 2. The molecule has 2 amide bonds. The van der Waals surface area contributed by atoms with E-state index >= 15 is 0 Å². The summed E-state index contributed by atoms with van der Waals surface area (Å²) in [4.78, 5) is 24.0. The number of aromatic nitrogens is 2. The molecule has 0 fully saturated rings. The largest absolute Gasteiger partial charge is 0.283 e. The summed E-state index contributed by atoms with van der Waals surface area (Å²) < 4.78 is 3.63. The normalized spacial score (nSPS) is 10.2. The van der Waals surface area contributed by atoms with Crippen molar-refractivity contribution in [2.45, 2.75) is 6.92 Å². The van der Waals surface area contributed by atoms with Crippen molar-refractivity contribution in [1.82, 2.24) is 20.4 Å². The number of carbonyl (C=O) groups is 2. The van der Waals surface area contributed by atoms with Gasteiger partial charge in [-0.05, 0) is 36.7 Å². The van der Waals surface area contributed by atoms with Gasteiger partial charge in [0, 0.05) is 5.02 Å². The van der Waals surface area contributed by atoms with Gasteiger partial charge in [0.2, 0.25) is 0 Å². The van der Waals surface area contributed by atoms with Crippen LogP contribution in [0.3, 0.4) is 0 Å². The highest BCUT2D eigenvalue weighted by molar-refractivity contribution is 7.08. The fraction of sp³-hybridized carbons (Fsp3) is 0.0909. The van der Waals surface area contributed by atoms with Gasteiger partial charge < -0.3 is 0 Å². The molecule has 6 nitrogen and oxygen atoms in total. The second-order valence-electron chi connectivity index (χ2n) is 3.72. The summed E-state index contributed by atoms with van der Waals surface area (Å²) in [6.07, 6.45) is 0. The maximum atomic E-state index is 11.9. The van der Waals surface area contributed by atoms with Gasteiger partial charge in [-0.25, -0.2) is 0 Å². The lowest BCUT2D eigenvalue weighted by atomic mass is 10.2. The minimum atomic E-state index is -0.569. The number of benzene rings is 1. The molecule has 0 aliphatic heterocycles. The molecule has 0 aliphatic rings. The van der Waals surface area contributed by atoms with Crippen LogP contribution in [0.15, 0.2) is 18.2 Å². The average Bonchev–Trinajstić information content (AvgIpc) is 2.84. The predicted molar refractivity (Wildman–Crippen MR) is 76.0 cm³/mol. The Kier molecular flexibility index (Phi) is 4.53. The maximum Gasteiger partial charge on any atom is 0.283 e. The second kappa shape index (κ2) is 6.17. The summed E-state index contributed by atoms with van der Waals surface area (Å²) in [5, 5.41) is 4.31. The van der Waals surface area contributed by atoms with Crippen LogP contribution >= 0.6 is 34.7 Å². The molecule has 2 rings (SSSR count). The van der Waals surface area contributed by atoms with Crippen LogP contribution in [0.2, 0.25) is 10.0 Å². The van der Waals surface area contributed by atoms with Gasteiger partial charge in [-0.2, -0.15) is 0 Å². The Bertz CT molecular complexity index is 674. The van der Waals surface area contributed by atoms with Gasteiger partial charge >= 0.3 is 0 Å². The molecular formula is C11H8Cl2N4O2S. The second-order valence-corrected chi connectivity index (χ2v) is 5.32. The molecule has 0 unspecified atom stereocenters. The van der Waals surface area contributed by atoms with E-state index in [1.165, 1.54) is 12.1 Å². The van der Waals surface area contributed by atoms with Crippen LogP contribution in [0.5, 0.6) is 0 Å². The standard InChI is InChI=1S/C11H8Cl2N4O2S/c1-5-9(20-17-14-5)11(19)16-15-10(18)7-4-6(12)2-3-8(7)13/h2-4H,1H3,(H,15,18)(H,16,19). The fourth-order valence-corrected chi connectivity index (χ4v) is 2.28. The van der Waals surface area contributed by atoms with E-state index in [1.807, 2.05) is 0 Å². The third kappa shape index (κ3) is 3.24. The Balaban J connectivity index is 2.04. The highest BCUT2D eigenvalue weighted by Crippen LogP contribution is 2.20. The smallest absolute Gasteiger partial charge is 0.267 e. The molecule has 9 heteroatoms. The zero-order valence-corrected chi connectivity index (χ0v) is 12.4. The third-order valence-corrected chi connectivity index (χ3v) is 3.71. The highest BCUT2D eigenvalue weighted by atomic mass is 35.5. The number of amides is 2. The van der Waals surface area contributed by atoms with Crippen molar-refractivity contribution in [3.05, 3.63) is 44.4 Å². The minimum Gasteiger partial charge on any atom is -0.267 e. The van der Waals surface area contributed by atoms with E-state index in [-0.39, 0.29) is 10.6 Å². The molecule has 0 atom stereocenters. The van der Waals surface area contributed by atoms with Crippen molar-refractivity contribution < 1.29 is 9.59 Å². The van der Waals surface area contributed by atoms with E-state index in [0.717, 1.165) is 11.5 Å². The van der Waals surface area contributed by atoms with Crippen LogP contribution in [-0.4, -0.2) is 21.4 Å². The number of nitrogens with one attached hydrogen (secondary N) is 2. The molecule has 0 bridgehead atoms. The zero-order valence-electron chi connectivity index (χ0n) is 10.1. The molecule has 0 aliphatic carbocycles. The minimum absolute atomic E-state index is 0.165. The number of aryl methyl sites for hydroxylation is 1. The van der Waals surface area contributed by atoms with Crippen molar-refractivity contribution in [2.75, 3.05) is 0 Å². The Morgan fingerprint density at radius 1 is 1.20 bits per heavy atom. The summed E-state index contributed by atoms with van der Waals surface area (Å²) in [5.41, 5.74) is 5.17. The lowest BCUT2D eigenvalue weighted by Crippen LogP contribution is -2.41. The molecule has 20 heavy (non-hydrogen) atoms. The van der Waals surface area contributed by atoms with Gasteiger partial charge in [-0.3, -0.25) is 20.4 Å². The number of hydrazine groups is 1. The van der Waals surface area contributed by atoms with E-state index in [9.17, 15) is 9.59 Å². The van der Waals surface area contributed by atoms with Gasteiger partial charge in [0.25, 0.3) is 11.8 Å². The molecule has 104 valence electrons. The van der Waals surface area contributed by atoms with Gasteiger partial charge in [-0.15, -0.1) is 5.10 Å². The van der Waals surface area contributed by atoms with Crippen molar-refractivity contribution in [1.29, 1.82) is 0 Å². The van der Waals surface area contributed by atoms with Crippen LogP contribution < -0.4 is 10.9 Å². The summed E-state index contributed by atoms with van der Waals surface area (Å²) in [6, 6.07) is 4.47. The first kappa shape index (κ1) is 14.7. The average molecular weight is 331 g/mol. The maximum absolute atomic E-state index is 11.9. The van der Waals surface area contributed by atoms with Gasteiger partial charge in [0.05, 0.1) is 16.3 Å². The molecule has 2 N–H and O–H groups in total. The van der Waals surface area contributed by atoms with Gasteiger partial charge in [0.15, 0.2) is 0 Å². The van der Waals surface area contributed by atoms with E-state index in [4.69, 9.17) is 23.2 Å². The first-order valence-corrected chi connectivity index (χ1v) is 6.86. The van der Waals surface area contributed by atoms with Crippen molar-refractivity contribution in [3.63, 3.8) is 0 Å². The van der Waals surface area contributed by atoms with Crippen molar-refractivity contribution in [2.24, 2.45) is 0 Å². The number of rotatable bonds is 2. The Hall–Kier alpha value is -1.70. The first-order valence-electron chi connectivity index (χ1n) is 5.33. The lowest BCUT2D eigenvalue weighted by Gasteiger charge is -2.07. The van der Waals surface area contributed by atoms with E-state index in [2.05, 4.69) is 20.4 Å². The number of hydrogen-bond acceptors (Lipinski definition) is 5. The quantitative estimate of drug-likeness (QED) is 0.827.